The second-order valence-corrected chi connectivity index (χ2v) is 5.15. The van der Waals surface area contributed by atoms with Crippen LogP contribution in [0.1, 0.15) is 5.56 Å². The average Bonchev–Trinajstić information content (AvgIpc) is 2.01. The molecule has 0 spiro atoms. The third kappa shape index (κ3) is 3.15. The van der Waals surface area contributed by atoms with Crippen LogP contribution in [0.15, 0.2) is 18.2 Å². The molecule has 0 radical (unpaired) electrons. The molecule has 3 nitrogen and oxygen atoms in total. The molecule has 78 valence electrons. The van der Waals surface area contributed by atoms with E-state index in [9.17, 15) is 18.4 Å². The first kappa shape index (κ1) is 11.3. The van der Waals surface area contributed by atoms with E-state index in [1.807, 2.05) is 0 Å². The molecular weight excluding hydrogens is 210 g/mol. The van der Waals surface area contributed by atoms with Gasteiger partial charge in [-0.25, -0.2) is 8.78 Å². The lowest BCUT2D eigenvalue weighted by atomic mass is 10.2. The molecule has 1 aromatic rings. The number of rotatable bonds is 3. The van der Waals surface area contributed by atoms with Crippen molar-refractivity contribution in [3.05, 3.63) is 35.4 Å². The Morgan fingerprint density at radius 2 is 1.71 bits per heavy atom. The highest BCUT2D eigenvalue weighted by atomic mass is 28.4. The predicted molar refractivity (Wildman–Crippen MR) is 47.3 cm³/mol. The van der Waals surface area contributed by atoms with E-state index in [1.165, 1.54) is 0 Å². The highest BCUT2D eigenvalue weighted by Crippen LogP contribution is 2.12. The molecule has 0 aliphatic carbocycles. The fourth-order valence-corrected chi connectivity index (χ4v) is 1.93. The molecule has 0 unspecified atom stereocenters. The Kier molecular flexibility index (Phi) is 3.32. The van der Waals surface area contributed by atoms with Gasteiger partial charge in [0.25, 0.3) is 0 Å². The summed E-state index contributed by atoms with van der Waals surface area (Å²) in [5, 5.41) is 0. The molecule has 0 atom stereocenters. The second-order valence-electron chi connectivity index (χ2n) is 2.90. The van der Waals surface area contributed by atoms with Crippen LogP contribution in [-0.4, -0.2) is 25.5 Å². The predicted octanol–water partition coefficient (Wildman–Crippen LogP) is 0.616. The molecule has 0 aliphatic heterocycles. The molecule has 0 heterocycles. The van der Waals surface area contributed by atoms with Gasteiger partial charge in [-0.2, -0.15) is 0 Å². The van der Waals surface area contributed by atoms with Crippen molar-refractivity contribution in [3.8, 4) is 0 Å². The Morgan fingerprint density at radius 1 is 1.21 bits per heavy atom. The molecule has 0 bridgehead atoms. The fraction of sp³-hybridized carbons (Fsp3) is 0.250. The van der Waals surface area contributed by atoms with Crippen LogP contribution in [0.25, 0.3) is 0 Å². The molecule has 1 aromatic carbocycles. The zero-order valence-electron chi connectivity index (χ0n) is 7.50. The van der Waals surface area contributed by atoms with Gasteiger partial charge in [-0.15, -0.1) is 0 Å². The quantitative estimate of drug-likeness (QED) is 0.734. The van der Waals surface area contributed by atoms with E-state index in [2.05, 4.69) is 4.43 Å². The normalized spacial score (nSPS) is 11.8. The summed E-state index contributed by atoms with van der Waals surface area (Å²) in [6.45, 7) is 0. The van der Waals surface area contributed by atoms with Crippen molar-refractivity contribution in [2.75, 3.05) is 7.11 Å². The molecule has 14 heavy (non-hydrogen) atoms. The van der Waals surface area contributed by atoms with Gasteiger partial charge >= 0.3 is 8.80 Å². The number of hydrogen-bond donors (Lipinski definition) is 2. The topological polar surface area (TPSA) is 49.7 Å². The van der Waals surface area contributed by atoms with Crippen molar-refractivity contribution < 1.29 is 22.8 Å². The van der Waals surface area contributed by atoms with Crippen molar-refractivity contribution in [3.63, 3.8) is 0 Å². The lowest BCUT2D eigenvalue weighted by Gasteiger charge is -2.14. The Morgan fingerprint density at radius 3 is 2.14 bits per heavy atom. The minimum Gasteiger partial charge on any atom is -0.390 e. The lowest BCUT2D eigenvalue weighted by Crippen LogP contribution is -2.40. The van der Waals surface area contributed by atoms with Gasteiger partial charge in [0.2, 0.25) is 0 Å². The van der Waals surface area contributed by atoms with Crippen LogP contribution in [0.4, 0.5) is 8.78 Å². The van der Waals surface area contributed by atoms with Crippen molar-refractivity contribution in [1.29, 1.82) is 0 Å². The van der Waals surface area contributed by atoms with E-state index in [0.29, 0.717) is 6.07 Å². The van der Waals surface area contributed by atoms with Crippen LogP contribution in [0.3, 0.4) is 0 Å². The van der Waals surface area contributed by atoms with E-state index >= 15 is 0 Å². The maximum absolute atomic E-state index is 12.7. The van der Waals surface area contributed by atoms with Gasteiger partial charge in [0, 0.05) is 19.2 Å². The van der Waals surface area contributed by atoms with Gasteiger partial charge in [0.15, 0.2) is 0 Å². The molecular formula is C8H10F2O3Si. The SMILES string of the molecule is CO[Si](O)(O)Cc1cc(F)cc(F)c1. The Hall–Kier alpha value is -0.823. The van der Waals surface area contributed by atoms with Gasteiger partial charge in [-0.05, 0) is 17.7 Å². The number of benzene rings is 1. The maximum Gasteiger partial charge on any atom is 0.499 e. The minimum atomic E-state index is -3.80. The first-order valence-electron chi connectivity index (χ1n) is 3.88. The van der Waals surface area contributed by atoms with Crippen LogP contribution < -0.4 is 0 Å². The number of hydrogen-bond acceptors (Lipinski definition) is 3. The molecule has 0 amide bonds. The Bertz CT molecular complexity index is 310. The zero-order valence-corrected chi connectivity index (χ0v) is 8.50. The van der Waals surface area contributed by atoms with Crippen LogP contribution in [0.2, 0.25) is 0 Å². The monoisotopic (exact) mass is 220 g/mol. The van der Waals surface area contributed by atoms with E-state index in [0.717, 1.165) is 19.2 Å². The molecule has 1 rings (SSSR count). The number of halogens is 2. The summed E-state index contributed by atoms with van der Waals surface area (Å²) >= 11 is 0. The van der Waals surface area contributed by atoms with Crippen molar-refractivity contribution in [2.45, 2.75) is 6.04 Å². The van der Waals surface area contributed by atoms with E-state index in [-0.39, 0.29) is 11.6 Å². The molecule has 0 fully saturated rings. The maximum atomic E-state index is 12.7. The smallest absolute Gasteiger partial charge is 0.390 e. The van der Waals surface area contributed by atoms with Crippen LogP contribution in [0.5, 0.6) is 0 Å². The summed E-state index contributed by atoms with van der Waals surface area (Å²) in [6, 6.07) is 2.53. The van der Waals surface area contributed by atoms with Crippen LogP contribution in [-0.2, 0) is 10.5 Å². The van der Waals surface area contributed by atoms with Crippen molar-refractivity contribution in [2.24, 2.45) is 0 Å². The third-order valence-electron chi connectivity index (χ3n) is 1.68. The molecule has 0 saturated carbocycles. The first-order chi connectivity index (χ1) is 6.43. The van der Waals surface area contributed by atoms with Crippen molar-refractivity contribution >= 4 is 8.80 Å². The molecule has 0 aliphatic rings. The third-order valence-corrected chi connectivity index (χ3v) is 3.21. The molecule has 2 N–H and O–H groups in total. The Labute approximate surface area is 80.9 Å². The first-order valence-corrected chi connectivity index (χ1v) is 5.89. The lowest BCUT2D eigenvalue weighted by molar-refractivity contribution is 0.184. The van der Waals surface area contributed by atoms with Gasteiger partial charge < -0.3 is 14.0 Å². The average molecular weight is 220 g/mol. The summed E-state index contributed by atoms with van der Waals surface area (Å²) in [4.78, 5) is 18.4. The van der Waals surface area contributed by atoms with E-state index in [1.54, 1.807) is 0 Å². The van der Waals surface area contributed by atoms with Crippen molar-refractivity contribution in [1.82, 2.24) is 0 Å². The standard InChI is InChI=1S/C8H10F2O3Si/c1-13-14(11,12)5-6-2-7(9)4-8(10)3-6/h2-4,11-12H,5H2,1H3. The van der Waals surface area contributed by atoms with E-state index < -0.39 is 20.4 Å². The van der Waals surface area contributed by atoms with Crippen LogP contribution >= 0.6 is 0 Å². The summed E-state index contributed by atoms with van der Waals surface area (Å²) < 4.78 is 29.8. The molecule has 0 saturated heterocycles. The molecule has 6 heteroatoms. The minimum absolute atomic E-state index is 0.168. The van der Waals surface area contributed by atoms with Gasteiger partial charge in [0.05, 0.1) is 0 Å². The van der Waals surface area contributed by atoms with Gasteiger partial charge in [-0.1, -0.05) is 0 Å². The zero-order chi connectivity index (χ0) is 10.8. The fourth-order valence-electron chi connectivity index (χ4n) is 1.05. The van der Waals surface area contributed by atoms with Gasteiger partial charge in [-0.3, -0.25) is 0 Å². The summed E-state index contributed by atoms with van der Waals surface area (Å²) in [7, 11) is -2.66. The van der Waals surface area contributed by atoms with Gasteiger partial charge in [0.1, 0.15) is 11.6 Å². The molecule has 0 aromatic heterocycles. The summed E-state index contributed by atoms with van der Waals surface area (Å²) in [6.07, 6.45) is 0. The highest BCUT2D eigenvalue weighted by molar-refractivity contribution is 6.57. The highest BCUT2D eigenvalue weighted by Gasteiger charge is 2.31. The van der Waals surface area contributed by atoms with Crippen LogP contribution in [0, 0.1) is 11.6 Å². The largest absolute Gasteiger partial charge is 0.499 e. The second kappa shape index (κ2) is 4.14. The van der Waals surface area contributed by atoms with E-state index in [4.69, 9.17) is 0 Å². The summed E-state index contributed by atoms with van der Waals surface area (Å²) in [5.41, 5.74) is 0.168. The Balaban J connectivity index is 2.87. The summed E-state index contributed by atoms with van der Waals surface area (Å²) in [5.74, 6) is -1.50.